The molecule has 154 valence electrons. The fourth-order valence-electron chi connectivity index (χ4n) is 3.69. The Labute approximate surface area is 173 Å². The van der Waals surface area contributed by atoms with E-state index in [9.17, 15) is 18.0 Å². The van der Waals surface area contributed by atoms with Gasteiger partial charge in [0.25, 0.3) is 15.9 Å². The van der Waals surface area contributed by atoms with Crippen molar-refractivity contribution in [2.45, 2.75) is 17.4 Å². The van der Waals surface area contributed by atoms with Gasteiger partial charge < -0.3 is 15.1 Å². The van der Waals surface area contributed by atoms with Crippen molar-refractivity contribution in [1.29, 1.82) is 0 Å². The molecule has 1 saturated heterocycles. The number of piperazine rings is 1. The largest absolute Gasteiger partial charge is 0.438 e. The van der Waals surface area contributed by atoms with E-state index in [0.717, 1.165) is 12.0 Å². The Balaban J connectivity index is 1.37. The lowest BCUT2D eigenvalue weighted by molar-refractivity contribution is -0.133. The number of primary amides is 1. The quantitative estimate of drug-likeness (QED) is 0.764. The number of carbonyl (C=O) groups excluding carboxylic acids is 2. The molecule has 2 unspecified atom stereocenters. The van der Waals surface area contributed by atoms with Crippen LogP contribution in [0.4, 0.5) is 0 Å². The third-order valence-electron chi connectivity index (χ3n) is 5.38. The Morgan fingerprint density at radius 3 is 2.38 bits per heavy atom. The first-order valence-corrected chi connectivity index (χ1v) is 11.0. The maximum Gasteiger partial charge on any atom is 0.284 e. The highest BCUT2D eigenvalue weighted by Crippen LogP contribution is 2.50. The van der Waals surface area contributed by atoms with E-state index in [-0.39, 0.29) is 41.7 Å². The molecule has 2 amide bonds. The number of rotatable bonds is 5. The van der Waals surface area contributed by atoms with Crippen molar-refractivity contribution >= 4 is 33.4 Å². The predicted octanol–water partition coefficient (Wildman–Crippen LogP) is 1.67. The summed E-state index contributed by atoms with van der Waals surface area (Å²) in [6, 6.07) is 9.97. The minimum atomic E-state index is -3.88. The van der Waals surface area contributed by atoms with E-state index in [1.807, 2.05) is 24.3 Å². The first-order chi connectivity index (χ1) is 13.8. The van der Waals surface area contributed by atoms with Crippen molar-refractivity contribution in [3.63, 3.8) is 0 Å². The number of hydrogen-bond acceptors (Lipinski definition) is 5. The van der Waals surface area contributed by atoms with Crippen molar-refractivity contribution in [1.82, 2.24) is 9.21 Å². The van der Waals surface area contributed by atoms with Crippen LogP contribution >= 0.6 is 11.6 Å². The zero-order valence-corrected chi connectivity index (χ0v) is 17.0. The summed E-state index contributed by atoms with van der Waals surface area (Å²) in [5, 5.41) is 0.338. The molecule has 1 aromatic carbocycles. The Morgan fingerprint density at radius 1 is 1.07 bits per heavy atom. The van der Waals surface area contributed by atoms with Gasteiger partial charge in [-0.25, -0.2) is 8.42 Å². The first kappa shape index (κ1) is 19.9. The van der Waals surface area contributed by atoms with Crippen LogP contribution in [0.3, 0.4) is 0 Å². The van der Waals surface area contributed by atoms with Crippen molar-refractivity contribution in [3.05, 3.63) is 52.7 Å². The lowest BCUT2D eigenvalue weighted by Crippen LogP contribution is -2.50. The standard InChI is InChI=1S/C19H20ClN3O5S/c20-15-4-2-1-3-12(15)13-11-14(13)19(25)22-7-9-23(10-8-22)29(26,27)17-6-5-16(28-17)18(21)24/h1-6,13-14H,7-11H2,(H2,21,24). The molecule has 2 aromatic rings. The van der Waals surface area contributed by atoms with Gasteiger partial charge in [-0.1, -0.05) is 29.8 Å². The number of nitrogens with zero attached hydrogens (tertiary/aromatic N) is 2. The summed E-state index contributed by atoms with van der Waals surface area (Å²) in [7, 11) is -3.88. The van der Waals surface area contributed by atoms with Crippen molar-refractivity contribution < 1.29 is 22.4 Å². The van der Waals surface area contributed by atoms with Crippen LogP contribution in [0.1, 0.15) is 28.5 Å². The summed E-state index contributed by atoms with van der Waals surface area (Å²) in [6.07, 6.45) is 0.753. The molecule has 2 heterocycles. The molecule has 10 heteroatoms. The third kappa shape index (κ3) is 3.77. The summed E-state index contributed by atoms with van der Waals surface area (Å²) in [6.45, 7) is 0.911. The van der Waals surface area contributed by atoms with E-state index < -0.39 is 15.9 Å². The highest BCUT2D eigenvalue weighted by atomic mass is 35.5. The van der Waals surface area contributed by atoms with Crippen LogP contribution in [0, 0.1) is 5.92 Å². The lowest BCUT2D eigenvalue weighted by Gasteiger charge is -2.33. The van der Waals surface area contributed by atoms with Crippen LogP contribution in [0.5, 0.6) is 0 Å². The Hall–Kier alpha value is -2.36. The average Bonchev–Trinajstić information content (AvgIpc) is 3.32. The van der Waals surface area contributed by atoms with Gasteiger partial charge in [-0.3, -0.25) is 9.59 Å². The number of amides is 2. The molecule has 2 N–H and O–H groups in total. The minimum absolute atomic E-state index is 0.0287. The number of hydrogen-bond donors (Lipinski definition) is 1. The SMILES string of the molecule is NC(=O)c1ccc(S(=O)(=O)N2CCN(C(=O)C3CC3c3ccccc3Cl)CC2)o1. The zero-order chi connectivity index (χ0) is 20.8. The molecule has 2 atom stereocenters. The van der Waals surface area contributed by atoms with E-state index in [1.54, 1.807) is 4.90 Å². The van der Waals surface area contributed by atoms with Gasteiger partial charge in [-0.15, -0.1) is 0 Å². The van der Waals surface area contributed by atoms with Gasteiger partial charge in [0.2, 0.25) is 11.0 Å². The molecule has 4 rings (SSSR count). The molecule has 2 fully saturated rings. The molecular weight excluding hydrogens is 418 g/mol. The van der Waals surface area contributed by atoms with Crippen LogP contribution in [0.15, 0.2) is 45.9 Å². The van der Waals surface area contributed by atoms with Gasteiger partial charge in [0.05, 0.1) is 0 Å². The fourth-order valence-corrected chi connectivity index (χ4v) is 5.30. The summed E-state index contributed by atoms with van der Waals surface area (Å²) >= 11 is 6.23. The maximum absolute atomic E-state index is 12.8. The molecule has 1 aliphatic heterocycles. The average molecular weight is 438 g/mol. The van der Waals surface area contributed by atoms with Gasteiger partial charge in [0.1, 0.15) is 0 Å². The van der Waals surface area contributed by atoms with Gasteiger partial charge >= 0.3 is 0 Å². The van der Waals surface area contributed by atoms with E-state index >= 15 is 0 Å². The molecule has 2 aliphatic rings. The highest BCUT2D eigenvalue weighted by molar-refractivity contribution is 7.89. The third-order valence-corrected chi connectivity index (χ3v) is 7.50. The summed E-state index contributed by atoms with van der Waals surface area (Å²) < 4.78 is 31.7. The fraction of sp³-hybridized carbons (Fsp3) is 0.368. The van der Waals surface area contributed by atoms with Crippen molar-refractivity contribution in [3.8, 4) is 0 Å². The number of nitrogens with two attached hydrogens (primary N) is 1. The number of carbonyl (C=O) groups is 2. The van der Waals surface area contributed by atoms with Crippen molar-refractivity contribution in [2.24, 2.45) is 11.7 Å². The molecule has 0 spiro atoms. The first-order valence-electron chi connectivity index (χ1n) is 9.22. The summed E-state index contributed by atoms with van der Waals surface area (Å²) in [5.41, 5.74) is 6.09. The highest BCUT2D eigenvalue weighted by Gasteiger charge is 2.47. The molecule has 1 aromatic heterocycles. The van der Waals surface area contributed by atoms with Crippen LogP contribution in [-0.2, 0) is 14.8 Å². The molecule has 1 saturated carbocycles. The zero-order valence-electron chi connectivity index (χ0n) is 15.5. The summed E-state index contributed by atoms with van der Waals surface area (Å²) in [4.78, 5) is 25.6. The van der Waals surface area contributed by atoms with Crippen LogP contribution < -0.4 is 5.73 Å². The monoisotopic (exact) mass is 437 g/mol. The van der Waals surface area contributed by atoms with E-state index in [1.165, 1.54) is 16.4 Å². The van der Waals surface area contributed by atoms with Crippen LogP contribution in [-0.4, -0.2) is 55.6 Å². The predicted molar refractivity (Wildman–Crippen MR) is 105 cm³/mol. The smallest absolute Gasteiger partial charge is 0.284 e. The van der Waals surface area contributed by atoms with Gasteiger partial charge in [0, 0.05) is 37.1 Å². The minimum Gasteiger partial charge on any atom is -0.438 e. The number of halogens is 1. The van der Waals surface area contributed by atoms with Crippen LogP contribution in [0.2, 0.25) is 5.02 Å². The normalized spacial score (nSPS) is 22.4. The maximum atomic E-state index is 12.8. The second-order valence-corrected chi connectivity index (χ2v) is 9.46. The second-order valence-electron chi connectivity index (χ2n) is 7.18. The molecule has 8 nitrogen and oxygen atoms in total. The molecule has 1 aliphatic carbocycles. The number of furan rings is 1. The number of sulfonamides is 1. The summed E-state index contributed by atoms with van der Waals surface area (Å²) in [5.74, 6) is -1.01. The Bertz CT molecular complexity index is 1060. The van der Waals surface area contributed by atoms with Gasteiger partial charge in [0.15, 0.2) is 5.76 Å². The topological polar surface area (TPSA) is 114 Å². The second kappa shape index (κ2) is 7.47. The molecule has 0 bridgehead atoms. The Morgan fingerprint density at radius 2 is 1.76 bits per heavy atom. The molecule has 29 heavy (non-hydrogen) atoms. The van der Waals surface area contributed by atoms with E-state index in [4.69, 9.17) is 21.8 Å². The number of benzene rings is 1. The van der Waals surface area contributed by atoms with E-state index in [2.05, 4.69) is 0 Å². The van der Waals surface area contributed by atoms with Crippen molar-refractivity contribution in [2.75, 3.05) is 26.2 Å². The van der Waals surface area contributed by atoms with Gasteiger partial charge in [-0.2, -0.15) is 4.31 Å². The molecule has 0 radical (unpaired) electrons. The lowest BCUT2D eigenvalue weighted by atomic mass is 10.1. The Kier molecular flexibility index (Phi) is 5.14. The van der Waals surface area contributed by atoms with Crippen LogP contribution in [0.25, 0.3) is 0 Å². The van der Waals surface area contributed by atoms with E-state index in [0.29, 0.717) is 18.1 Å². The van der Waals surface area contributed by atoms with Gasteiger partial charge in [-0.05, 0) is 36.1 Å². The molecular formula is C19H20ClN3O5S.